The molecule has 3 rings (SSSR count). The number of halogens is 3. The molecule has 2 aromatic rings. The summed E-state index contributed by atoms with van der Waals surface area (Å²) in [5, 5.41) is 13.9. The van der Waals surface area contributed by atoms with Crippen molar-refractivity contribution in [1.29, 1.82) is 0 Å². The molecule has 0 unspecified atom stereocenters. The lowest BCUT2D eigenvalue weighted by atomic mass is 10.1. The van der Waals surface area contributed by atoms with Crippen molar-refractivity contribution in [2.75, 3.05) is 0 Å². The molecule has 0 bridgehead atoms. The van der Waals surface area contributed by atoms with Gasteiger partial charge in [0.2, 0.25) is 0 Å². The lowest BCUT2D eigenvalue weighted by Gasteiger charge is -2.14. The number of rotatable bonds is 4. The highest BCUT2D eigenvalue weighted by atomic mass is 19.4. The number of hydrogen-bond acceptors (Lipinski definition) is 4. The molecule has 0 saturated heterocycles. The van der Waals surface area contributed by atoms with E-state index < -0.39 is 23.2 Å². The summed E-state index contributed by atoms with van der Waals surface area (Å²) in [5.74, 6) is -0.358. The van der Waals surface area contributed by atoms with Crippen LogP contribution in [0.1, 0.15) is 53.5 Å². The predicted molar refractivity (Wildman–Crippen MR) is 77.9 cm³/mol. The highest BCUT2D eigenvalue weighted by molar-refractivity contribution is 5.95. The van der Waals surface area contributed by atoms with Crippen molar-refractivity contribution in [2.24, 2.45) is 0 Å². The van der Waals surface area contributed by atoms with Crippen LogP contribution in [0.25, 0.3) is 0 Å². The molecule has 1 aromatic carbocycles. The maximum atomic E-state index is 13.0. The van der Waals surface area contributed by atoms with Crippen LogP contribution in [0.15, 0.2) is 24.3 Å². The van der Waals surface area contributed by atoms with Gasteiger partial charge in [-0.15, -0.1) is 5.10 Å². The van der Waals surface area contributed by atoms with Gasteiger partial charge in [0.15, 0.2) is 5.82 Å². The smallest absolute Gasteiger partial charge is 0.345 e. The van der Waals surface area contributed by atoms with Crippen LogP contribution >= 0.6 is 0 Å². The van der Waals surface area contributed by atoms with Gasteiger partial charge < -0.3 is 5.32 Å². The van der Waals surface area contributed by atoms with Gasteiger partial charge in [-0.2, -0.15) is 13.2 Å². The summed E-state index contributed by atoms with van der Waals surface area (Å²) in [4.78, 5) is 12.2. The number of alkyl halides is 3. The van der Waals surface area contributed by atoms with Gasteiger partial charge in [-0.1, -0.05) is 25.0 Å². The fourth-order valence-corrected chi connectivity index (χ4v) is 2.94. The van der Waals surface area contributed by atoms with E-state index in [1.54, 1.807) is 4.68 Å². The van der Waals surface area contributed by atoms with Crippen molar-refractivity contribution < 1.29 is 18.0 Å². The van der Waals surface area contributed by atoms with E-state index in [9.17, 15) is 18.0 Å². The topological polar surface area (TPSA) is 72.7 Å². The van der Waals surface area contributed by atoms with Gasteiger partial charge in [0, 0.05) is 0 Å². The number of nitrogens with one attached hydrogen (secondary N) is 1. The number of aromatic nitrogens is 4. The summed E-state index contributed by atoms with van der Waals surface area (Å²) in [6.07, 6.45) is -0.476. The quantitative estimate of drug-likeness (QED) is 0.930. The van der Waals surface area contributed by atoms with E-state index in [2.05, 4.69) is 20.8 Å². The number of nitrogens with zero attached hydrogens (tertiary/aromatic N) is 4. The Balaban J connectivity index is 1.72. The molecule has 6 nitrogen and oxygen atoms in total. The maximum Gasteiger partial charge on any atom is 0.417 e. The third-order valence-corrected chi connectivity index (χ3v) is 4.12. The first kappa shape index (κ1) is 16.4. The van der Waals surface area contributed by atoms with E-state index >= 15 is 0 Å². The summed E-state index contributed by atoms with van der Waals surface area (Å²) in [7, 11) is 0. The highest BCUT2D eigenvalue weighted by Crippen LogP contribution is 2.32. The second kappa shape index (κ2) is 6.58. The molecule has 0 spiro atoms. The normalized spacial score (nSPS) is 15.6. The van der Waals surface area contributed by atoms with Crippen molar-refractivity contribution in [3.63, 3.8) is 0 Å². The Hall–Kier alpha value is -2.45. The van der Waals surface area contributed by atoms with Crippen LogP contribution < -0.4 is 5.32 Å². The third kappa shape index (κ3) is 3.39. The molecule has 24 heavy (non-hydrogen) atoms. The van der Waals surface area contributed by atoms with Gasteiger partial charge >= 0.3 is 6.18 Å². The van der Waals surface area contributed by atoms with Crippen LogP contribution in [-0.4, -0.2) is 26.1 Å². The summed E-state index contributed by atoms with van der Waals surface area (Å²) in [6, 6.07) is 4.87. The Labute approximate surface area is 136 Å². The molecule has 1 aliphatic rings. The lowest BCUT2D eigenvalue weighted by molar-refractivity contribution is -0.137. The number of carbonyl (C=O) groups excluding carboxylic acids is 1. The van der Waals surface area contributed by atoms with E-state index in [1.165, 1.54) is 12.1 Å². The maximum absolute atomic E-state index is 13.0. The average molecular weight is 339 g/mol. The van der Waals surface area contributed by atoms with Gasteiger partial charge in [0.25, 0.3) is 5.91 Å². The van der Waals surface area contributed by atoms with E-state index in [0.29, 0.717) is 5.82 Å². The zero-order chi connectivity index (χ0) is 17.2. The van der Waals surface area contributed by atoms with Crippen molar-refractivity contribution in [2.45, 2.75) is 44.4 Å². The predicted octanol–water partition coefficient (Wildman–Crippen LogP) is 2.74. The van der Waals surface area contributed by atoms with Crippen LogP contribution in [0, 0.1) is 0 Å². The van der Waals surface area contributed by atoms with Crippen LogP contribution in [0.4, 0.5) is 13.2 Å². The molecule has 1 heterocycles. The molecule has 1 saturated carbocycles. The van der Waals surface area contributed by atoms with Gasteiger partial charge in [-0.3, -0.25) is 4.79 Å². The number of hydrogen-bond donors (Lipinski definition) is 1. The highest BCUT2D eigenvalue weighted by Gasteiger charge is 2.34. The van der Waals surface area contributed by atoms with Crippen molar-refractivity contribution >= 4 is 5.91 Å². The monoisotopic (exact) mass is 339 g/mol. The van der Waals surface area contributed by atoms with Crippen LogP contribution in [0.2, 0.25) is 0 Å². The first-order valence-corrected chi connectivity index (χ1v) is 7.68. The molecular weight excluding hydrogens is 323 g/mol. The number of carbonyl (C=O) groups is 1. The molecular formula is C15H16F3N5O. The van der Waals surface area contributed by atoms with Gasteiger partial charge in [-0.25, -0.2) is 4.68 Å². The van der Waals surface area contributed by atoms with Crippen molar-refractivity contribution in [3.8, 4) is 0 Å². The molecule has 128 valence electrons. The zero-order valence-electron chi connectivity index (χ0n) is 12.8. The summed E-state index contributed by atoms with van der Waals surface area (Å²) < 4.78 is 40.6. The molecule has 0 aliphatic heterocycles. The van der Waals surface area contributed by atoms with E-state index in [1.807, 2.05) is 0 Å². The van der Waals surface area contributed by atoms with E-state index in [0.717, 1.165) is 37.8 Å². The number of tetrazole rings is 1. The van der Waals surface area contributed by atoms with Crippen molar-refractivity contribution in [1.82, 2.24) is 25.5 Å². The second-order valence-corrected chi connectivity index (χ2v) is 5.70. The SMILES string of the molecule is O=C(NCc1nnnn1C1CCCC1)c1ccccc1C(F)(F)F. The van der Waals surface area contributed by atoms with Crippen LogP contribution in [0.5, 0.6) is 0 Å². The lowest BCUT2D eigenvalue weighted by Crippen LogP contribution is -2.27. The molecule has 9 heteroatoms. The standard InChI is InChI=1S/C15H16F3N5O/c16-15(17,18)12-8-4-3-7-11(12)14(24)19-9-13-20-21-22-23(13)10-5-1-2-6-10/h3-4,7-8,10H,1-2,5-6,9H2,(H,19,24). The van der Waals surface area contributed by atoms with Gasteiger partial charge in [0.05, 0.1) is 23.7 Å². The third-order valence-electron chi connectivity index (χ3n) is 4.12. The number of benzene rings is 1. The molecule has 0 atom stereocenters. The summed E-state index contributed by atoms with van der Waals surface area (Å²) >= 11 is 0. The van der Waals surface area contributed by atoms with Crippen molar-refractivity contribution in [3.05, 3.63) is 41.2 Å². The minimum absolute atomic E-state index is 0.0193. The fraction of sp³-hybridized carbons (Fsp3) is 0.467. The summed E-state index contributed by atoms with van der Waals surface area (Å²) in [6.45, 7) is -0.0193. The number of amides is 1. The zero-order valence-corrected chi connectivity index (χ0v) is 12.8. The van der Waals surface area contributed by atoms with Crippen LogP contribution in [-0.2, 0) is 12.7 Å². The minimum Gasteiger partial charge on any atom is -0.345 e. The molecule has 1 aliphatic carbocycles. The first-order valence-electron chi connectivity index (χ1n) is 7.68. The summed E-state index contributed by atoms with van der Waals surface area (Å²) in [5.41, 5.74) is -1.37. The Morgan fingerprint density at radius 2 is 1.96 bits per heavy atom. The average Bonchev–Trinajstić information content (AvgIpc) is 3.22. The Morgan fingerprint density at radius 3 is 2.67 bits per heavy atom. The Kier molecular flexibility index (Phi) is 4.50. The molecule has 0 radical (unpaired) electrons. The fourth-order valence-electron chi connectivity index (χ4n) is 2.94. The minimum atomic E-state index is -4.58. The van der Waals surface area contributed by atoms with Gasteiger partial charge in [0.1, 0.15) is 0 Å². The van der Waals surface area contributed by atoms with Crippen LogP contribution in [0.3, 0.4) is 0 Å². The first-order chi connectivity index (χ1) is 11.5. The van der Waals surface area contributed by atoms with Gasteiger partial charge in [-0.05, 0) is 35.4 Å². The molecule has 1 aromatic heterocycles. The molecule has 1 amide bonds. The van der Waals surface area contributed by atoms with E-state index in [-0.39, 0.29) is 12.6 Å². The molecule has 1 N–H and O–H groups in total. The second-order valence-electron chi connectivity index (χ2n) is 5.70. The largest absolute Gasteiger partial charge is 0.417 e. The Morgan fingerprint density at radius 1 is 1.25 bits per heavy atom. The Bertz CT molecular complexity index is 722. The van der Waals surface area contributed by atoms with E-state index in [4.69, 9.17) is 0 Å². The molecule has 1 fully saturated rings.